The van der Waals surface area contributed by atoms with Crippen LogP contribution in [0.4, 0.5) is 0 Å². The molecule has 0 radical (unpaired) electrons. The summed E-state index contributed by atoms with van der Waals surface area (Å²) < 4.78 is 0. The summed E-state index contributed by atoms with van der Waals surface area (Å²) in [4.78, 5) is 18.8. The topological polar surface area (TPSA) is 60.2 Å². The third-order valence-corrected chi connectivity index (χ3v) is 5.94. The molecule has 1 aromatic heterocycles. The molecule has 5 nitrogen and oxygen atoms in total. The third-order valence-electron chi connectivity index (χ3n) is 5.71. The lowest BCUT2D eigenvalue weighted by Crippen LogP contribution is -2.42. The molecule has 2 aromatic carbocycles. The van der Waals surface area contributed by atoms with Crippen molar-refractivity contribution in [2.75, 3.05) is 13.1 Å². The number of aromatic amines is 1. The molecule has 2 aliphatic heterocycles. The summed E-state index contributed by atoms with van der Waals surface area (Å²) in [5, 5.41) is 1.85. The van der Waals surface area contributed by atoms with E-state index < -0.39 is 0 Å². The summed E-state index contributed by atoms with van der Waals surface area (Å²) in [5.74, 6) is 0.0890. The predicted molar refractivity (Wildman–Crippen MR) is 106 cm³/mol. The highest BCUT2D eigenvalue weighted by molar-refractivity contribution is 6.31. The van der Waals surface area contributed by atoms with E-state index in [0.29, 0.717) is 13.1 Å². The zero-order valence-electron chi connectivity index (χ0n) is 14.8. The minimum Gasteiger partial charge on any atom is -0.358 e. The molecular formula is C21H21ClN4O. The third kappa shape index (κ3) is 2.92. The first-order chi connectivity index (χ1) is 13.2. The fourth-order valence-corrected chi connectivity index (χ4v) is 4.48. The molecule has 138 valence electrons. The first-order valence-corrected chi connectivity index (χ1v) is 9.69. The van der Waals surface area contributed by atoms with E-state index >= 15 is 0 Å². The Morgan fingerprint density at radius 1 is 1.15 bits per heavy atom. The van der Waals surface area contributed by atoms with Gasteiger partial charge in [-0.25, -0.2) is 5.43 Å². The highest BCUT2D eigenvalue weighted by Crippen LogP contribution is 2.32. The second kappa shape index (κ2) is 6.68. The van der Waals surface area contributed by atoms with Gasteiger partial charge in [0.2, 0.25) is 5.91 Å². The number of carbonyl (C=O) groups is 1. The molecule has 0 spiro atoms. The van der Waals surface area contributed by atoms with E-state index in [0.717, 1.165) is 34.5 Å². The molecule has 0 saturated carbocycles. The first kappa shape index (κ1) is 16.8. The van der Waals surface area contributed by atoms with Crippen molar-refractivity contribution < 1.29 is 4.79 Å². The van der Waals surface area contributed by atoms with Gasteiger partial charge in [0.15, 0.2) is 0 Å². The van der Waals surface area contributed by atoms with Crippen molar-refractivity contribution in [2.45, 2.75) is 19.0 Å². The van der Waals surface area contributed by atoms with Crippen molar-refractivity contribution in [1.82, 2.24) is 20.7 Å². The number of amides is 1. The van der Waals surface area contributed by atoms with E-state index in [1.54, 1.807) is 0 Å². The van der Waals surface area contributed by atoms with Gasteiger partial charge in [-0.3, -0.25) is 10.2 Å². The number of rotatable bonds is 2. The van der Waals surface area contributed by atoms with Crippen LogP contribution in [0.2, 0.25) is 5.02 Å². The van der Waals surface area contributed by atoms with E-state index in [1.807, 2.05) is 41.3 Å². The van der Waals surface area contributed by atoms with Gasteiger partial charge in [-0.05, 0) is 23.8 Å². The molecule has 1 fully saturated rings. The average molecular weight is 381 g/mol. The number of nitrogens with one attached hydrogen (secondary N) is 3. The largest absolute Gasteiger partial charge is 0.358 e. The summed E-state index contributed by atoms with van der Waals surface area (Å²) in [5.41, 5.74) is 11.1. The van der Waals surface area contributed by atoms with Gasteiger partial charge in [-0.15, -0.1) is 0 Å². The molecule has 3 N–H and O–H groups in total. The van der Waals surface area contributed by atoms with Crippen molar-refractivity contribution >= 4 is 28.4 Å². The number of halogens is 1. The van der Waals surface area contributed by atoms with Crippen LogP contribution >= 0.6 is 11.6 Å². The van der Waals surface area contributed by atoms with Gasteiger partial charge in [0.1, 0.15) is 0 Å². The molecule has 2 aliphatic rings. The van der Waals surface area contributed by atoms with E-state index in [2.05, 4.69) is 28.0 Å². The van der Waals surface area contributed by atoms with Crippen LogP contribution in [0.1, 0.15) is 22.9 Å². The second-order valence-corrected chi connectivity index (χ2v) is 7.74. The molecule has 6 heteroatoms. The molecular weight excluding hydrogens is 360 g/mol. The van der Waals surface area contributed by atoms with Crippen LogP contribution in [0, 0.1) is 5.92 Å². The SMILES string of the molecule is O=C(C1CNNC1c1ccccc1)N1CCc2[nH]c3ccc(Cl)cc3c2C1. The highest BCUT2D eigenvalue weighted by Gasteiger charge is 2.37. The molecule has 0 bridgehead atoms. The van der Waals surface area contributed by atoms with Gasteiger partial charge in [0.25, 0.3) is 0 Å². The Labute approximate surface area is 162 Å². The number of H-pyrrole nitrogens is 1. The summed E-state index contributed by atoms with van der Waals surface area (Å²) in [6.07, 6.45) is 0.844. The Kier molecular flexibility index (Phi) is 4.16. The van der Waals surface area contributed by atoms with E-state index in [-0.39, 0.29) is 17.9 Å². The van der Waals surface area contributed by atoms with Gasteiger partial charge >= 0.3 is 0 Å². The number of hydrogen-bond acceptors (Lipinski definition) is 3. The maximum Gasteiger partial charge on any atom is 0.229 e. The molecule has 2 atom stereocenters. The maximum atomic E-state index is 13.3. The van der Waals surface area contributed by atoms with E-state index in [9.17, 15) is 4.79 Å². The lowest BCUT2D eigenvalue weighted by Gasteiger charge is -2.31. The summed E-state index contributed by atoms with van der Waals surface area (Å²) >= 11 is 6.20. The van der Waals surface area contributed by atoms with Crippen LogP contribution in [0.25, 0.3) is 10.9 Å². The standard InChI is InChI=1S/C21H21ClN4O/c22-14-6-7-18-15(10-14)17-12-26(9-8-19(17)24-18)21(27)16-11-23-25-20(16)13-4-2-1-3-5-13/h1-7,10,16,20,23-25H,8-9,11-12H2. The number of hydrogen-bond donors (Lipinski definition) is 3. The number of aromatic nitrogens is 1. The van der Waals surface area contributed by atoms with Gasteiger partial charge in [-0.1, -0.05) is 41.9 Å². The fraction of sp³-hybridized carbons (Fsp3) is 0.286. The van der Waals surface area contributed by atoms with Gasteiger partial charge in [-0.2, -0.15) is 0 Å². The molecule has 3 aromatic rings. The van der Waals surface area contributed by atoms with Crippen LogP contribution < -0.4 is 10.9 Å². The van der Waals surface area contributed by atoms with Crippen molar-refractivity contribution in [2.24, 2.45) is 5.92 Å². The lowest BCUT2D eigenvalue weighted by molar-refractivity contribution is -0.136. The molecule has 27 heavy (non-hydrogen) atoms. The van der Waals surface area contributed by atoms with Gasteiger partial charge in [0.05, 0.1) is 12.0 Å². The second-order valence-electron chi connectivity index (χ2n) is 7.30. The monoisotopic (exact) mass is 380 g/mol. The summed E-state index contributed by atoms with van der Waals surface area (Å²) in [6, 6.07) is 16.1. The Morgan fingerprint density at radius 3 is 2.85 bits per heavy atom. The summed E-state index contributed by atoms with van der Waals surface area (Å²) in [6.45, 7) is 2.01. The van der Waals surface area contributed by atoms with E-state index in [4.69, 9.17) is 11.6 Å². The van der Waals surface area contributed by atoms with E-state index in [1.165, 1.54) is 11.3 Å². The van der Waals surface area contributed by atoms with Crippen LogP contribution in [0.3, 0.4) is 0 Å². The van der Waals surface area contributed by atoms with Crippen LogP contribution in [-0.2, 0) is 17.8 Å². The number of hydrazine groups is 1. The van der Waals surface area contributed by atoms with Crippen molar-refractivity contribution in [3.63, 3.8) is 0 Å². The molecule has 2 unspecified atom stereocenters. The Balaban J connectivity index is 1.42. The quantitative estimate of drug-likeness (QED) is 0.640. The number of carbonyl (C=O) groups excluding carboxylic acids is 1. The number of fused-ring (bicyclic) bond motifs is 3. The molecule has 3 heterocycles. The Morgan fingerprint density at radius 2 is 2.00 bits per heavy atom. The highest BCUT2D eigenvalue weighted by atomic mass is 35.5. The van der Waals surface area contributed by atoms with Crippen LogP contribution in [0.5, 0.6) is 0 Å². The van der Waals surface area contributed by atoms with Gasteiger partial charge < -0.3 is 9.88 Å². The minimum absolute atomic E-state index is 0.00231. The molecule has 1 amide bonds. The summed E-state index contributed by atoms with van der Waals surface area (Å²) in [7, 11) is 0. The zero-order valence-corrected chi connectivity index (χ0v) is 15.6. The van der Waals surface area contributed by atoms with Crippen molar-refractivity contribution in [3.05, 3.63) is 70.4 Å². The predicted octanol–water partition coefficient (Wildman–Crippen LogP) is 3.17. The average Bonchev–Trinajstić information content (AvgIpc) is 3.32. The minimum atomic E-state index is -0.109. The maximum absolute atomic E-state index is 13.3. The number of nitrogens with zero attached hydrogens (tertiary/aromatic N) is 1. The van der Waals surface area contributed by atoms with Gasteiger partial charge in [0, 0.05) is 53.2 Å². The molecule has 1 saturated heterocycles. The lowest BCUT2D eigenvalue weighted by atomic mass is 9.92. The number of benzene rings is 2. The smallest absolute Gasteiger partial charge is 0.229 e. The Bertz CT molecular complexity index is 1000. The molecule has 5 rings (SSSR count). The zero-order chi connectivity index (χ0) is 18.4. The normalized spacial score (nSPS) is 22.2. The van der Waals surface area contributed by atoms with Crippen LogP contribution in [0.15, 0.2) is 48.5 Å². The Hall–Kier alpha value is -2.34. The van der Waals surface area contributed by atoms with Crippen molar-refractivity contribution in [3.8, 4) is 0 Å². The van der Waals surface area contributed by atoms with Crippen molar-refractivity contribution in [1.29, 1.82) is 0 Å². The van der Waals surface area contributed by atoms with Crippen LogP contribution in [-0.4, -0.2) is 28.9 Å². The fourth-order valence-electron chi connectivity index (χ4n) is 4.31. The molecule has 0 aliphatic carbocycles. The first-order valence-electron chi connectivity index (χ1n) is 9.32.